The second kappa shape index (κ2) is 5.19. The molecule has 1 aliphatic rings. The lowest BCUT2D eigenvalue weighted by molar-refractivity contribution is 0.185. The number of anilines is 1. The molecule has 2 N–H and O–H groups in total. The molecular weight excluding hydrogens is 266 g/mol. The summed E-state index contributed by atoms with van der Waals surface area (Å²) in [5.41, 5.74) is 7.14. The highest BCUT2D eigenvalue weighted by molar-refractivity contribution is 6.31. The minimum atomic E-state index is 0.411. The van der Waals surface area contributed by atoms with Crippen molar-refractivity contribution in [2.75, 3.05) is 18.9 Å². The van der Waals surface area contributed by atoms with Crippen LogP contribution in [0.5, 0.6) is 0 Å². The van der Waals surface area contributed by atoms with Gasteiger partial charge in [-0.15, -0.1) is 0 Å². The van der Waals surface area contributed by atoms with Gasteiger partial charge in [-0.2, -0.15) is 4.98 Å². The van der Waals surface area contributed by atoms with Crippen LogP contribution in [0, 0.1) is 5.92 Å². The molecule has 1 unspecified atom stereocenters. The lowest BCUT2D eigenvalue weighted by atomic mass is 10.1. The van der Waals surface area contributed by atoms with Gasteiger partial charge in [0.25, 0.3) is 5.89 Å². The zero-order valence-electron chi connectivity index (χ0n) is 10.3. The molecule has 100 valence electrons. The summed E-state index contributed by atoms with van der Waals surface area (Å²) in [5, 5.41) is 4.58. The minimum Gasteiger partial charge on any atom is -0.398 e. The smallest absolute Gasteiger partial charge is 0.260 e. The fourth-order valence-electron chi connectivity index (χ4n) is 2.16. The second-order valence-electron chi connectivity index (χ2n) is 4.68. The maximum absolute atomic E-state index is 5.95. The number of nitrogen functional groups attached to an aromatic ring is 1. The van der Waals surface area contributed by atoms with E-state index in [0.717, 1.165) is 26.1 Å². The van der Waals surface area contributed by atoms with Crippen LogP contribution < -0.4 is 5.73 Å². The van der Waals surface area contributed by atoms with Gasteiger partial charge in [0, 0.05) is 30.3 Å². The van der Waals surface area contributed by atoms with Gasteiger partial charge >= 0.3 is 0 Å². The molecule has 6 heteroatoms. The molecule has 2 heterocycles. The van der Waals surface area contributed by atoms with Gasteiger partial charge in [0.1, 0.15) is 0 Å². The highest BCUT2D eigenvalue weighted by Gasteiger charge is 2.20. The molecule has 1 atom stereocenters. The Morgan fingerprint density at radius 2 is 2.32 bits per heavy atom. The van der Waals surface area contributed by atoms with E-state index >= 15 is 0 Å². The Kier molecular flexibility index (Phi) is 3.40. The zero-order valence-corrected chi connectivity index (χ0v) is 11.1. The fraction of sp³-hybridized carbons (Fsp3) is 0.385. The van der Waals surface area contributed by atoms with Gasteiger partial charge in [0.15, 0.2) is 5.82 Å². The monoisotopic (exact) mass is 279 g/mol. The number of nitrogens with zero attached hydrogens (tertiary/aromatic N) is 2. The van der Waals surface area contributed by atoms with E-state index in [-0.39, 0.29) is 0 Å². The zero-order chi connectivity index (χ0) is 13.2. The van der Waals surface area contributed by atoms with Crippen molar-refractivity contribution in [3.05, 3.63) is 29.0 Å². The number of ether oxygens (including phenoxy) is 1. The molecule has 1 aromatic carbocycles. The Bertz CT molecular complexity index is 579. The summed E-state index contributed by atoms with van der Waals surface area (Å²) in [7, 11) is 0. The lowest BCUT2D eigenvalue weighted by Gasteiger charge is -2.01. The van der Waals surface area contributed by atoms with E-state index in [1.54, 1.807) is 18.2 Å². The Hall–Kier alpha value is -1.59. The molecule has 0 radical (unpaired) electrons. The first kappa shape index (κ1) is 12.4. The summed E-state index contributed by atoms with van der Waals surface area (Å²) in [6.07, 6.45) is 1.81. The van der Waals surface area contributed by atoms with Crippen molar-refractivity contribution in [2.45, 2.75) is 12.8 Å². The average Bonchev–Trinajstić information content (AvgIpc) is 3.04. The molecule has 1 aliphatic heterocycles. The highest BCUT2D eigenvalue weighted by atomic mass is 35.5. The Morgan fingerprint density at radius 3 is 3.11 bits per heavy atom. The third kappa shape index (κ3) is 2.72. The third-order valence-electron chi connectivity index (χ3n) is 3.21. The van der Waals surface area contributed by atoms with Gasteiger partial charge in [-0.05, 0) is 30.5 Å². The molecule has 2 aromatic rings. The summed E-state index contributed by atoms with van der Waals surface area (Å²) in [5.74, 6) is 1.57. The van der Waals surface area contributed by atoms with Crippen molar-refractivity contribution >= 4 is 17.3 Å². The number of nitrogens with two attached hydrogens (primary N) is 1. The van der Waals surface area contributed by atoms with Crippen LogP contribution in [0.15, 0.2) is 22.7 Å². The molecule has 3 rings (SSSR count). The van der Waals surface area contributed by atoms with E-state index in [0.29, 0.717) is 33.9 Å². The van der Waals surface area contributed by atoms with E-state index < -0.39 is 0 Å². The molecular formula is C13H14ClN3O2. The first-order chi connectivity index (χ1) is 9.22. The topological polar surface area (TPSA) is 74.2 Å². The molecule has 5 nitrogen and oxygen atoms in total. The van der Waals surface area contributed by atoms with Crippen LogP contribution in [0.4, 0.5) is 5.69 Å². The van der Waals surface area contributed by atoms with Gasteiger partial charge in [-0.1, -0.05) is 16.8 Å². The normalized spacial score (nSPS) is 18.9. The second-order valence-corrected chi connectivity index (χ2v) is 5.12. The van der Waals surface area contributed by atoms with Crippen LogP contribution in [0.2, 0.25) is 5.02 Å². The maximum Gasteiger partial charge on any atom is 0.260 e. The SMILES string of the molecule is Nc1ccc(Cl)cc1-c1nc(CC2CCOC2)no1. The Morgan fingerprint density at radius 1 is 1.42 bits per heavy atom. The predicted octanol–water partition coefficient (Wildman–Crippen LogP) is 2.55. The number of aromatic nitrogens is 2. The highest BCUT2D eigenvalue weighted by Crippen LogP contribution is 2.28. The first-order valence-electron chi connectivity index (χ1n) is 6.18. The van der Waals surface area contributed by atoms with Crippen LogP contribution >= 0.6 is 11.6 Å². The molecule has 0 saturated carbocycles. The average molecular weight is 280 g/mol. The van der Waals surface area contributed by atoms with E-state index in [1.807, 2.05) is 0 Å². The van der Waals surface area contributed by atoms with Gasteiger partial charge in [-0.3, -0.25) is 0 Å². The van der Waals surface area contributed by atoms with Crippen molar-refractivity contribution in [2.24, 2.45) is 5.92 Å². The number of rotatable bonds is 3. The maximum atomic E-state index is 5.95. The van der Waals surface area contributed by atoms with E-state index in [2.05, 4.69) is 10.1 Å². The molecule has 0 amide bonds. The van der Waals surface area contributed by atoms with Gasteiger partial charge < -0.3 is 15.0 Å². The molecule has 0 aliphatic carbocycles. The summed E-state index contributed by atoms with van der Waals surface area (Å²) < 4.78 is 10.6. The van der Waals surface area contributed by atoms with Gasteiger partial charge in [0.05, 0.1) is 5.56 Å². The summed E-state index contributed by atoms with van der Waals surface area (Å²) in [6, 6.07) is 5.19. The van der Waals surface area contributed by atoms with Gasteiger partial charge in [-0.25, -0.2) is 0 Å². The molecule has 1 saturated heterocycles. The fourth-order valence-corrected chi connectivity index (χ4v) is 2.33. The molecule has 1 fully saturated rings. The van der Waals surface area contributed by atoms with Crippen molar-refractivity contribution < 1.29 is 9.26 Å². The van der Waals surface area contributed by atoms with Crippen molar-refractivity contribution in [3.63, 3.8) is 0 Å². The standard InChI is InChI=1S/C13H14ClN3O2/c14-9-1-2-11(15)10(6-9)13-16-12(17-19-13)5-8-3-4-18-7-8/h1-2,6,8H,3-5,7,15H2. The summed E-state index contributed by atoms with van der Waals surface area (Å²) in [4.78, 5) is 4.37. The minimum absolute atomic E-state index is 0.411. The van der Waals surface area contributed by atoms with Crippen LogP contribution in [-0.4, -0.2) is 23.4 Å². The predicted molar refractivity (Wildman–Crippen MR) is 71.8 cm³/mol. The quantitative estimate of drug-likeness (QED) is 0.874. The largest absolute Gasteiger partial charge is 0.398 e. The van der Waals surface area contributed by atoms with Gasteiger partial charge in [0.2, 0.25) is 0 Å². The first-order valence-corrected chi connectivity index (χ1v) is 6.56. The molecule has 0 spiro atoms. The van der Waals surface area contributed by atoms with E-state index in [1.165, 1.54) is 0 Å². The van der Waals surface area contributed by atoms with Crippen LogP contribution in [0.1, 0.15) is 12.2 Å². The van der Waals surface area contributed by atoms with Crippen molar-refractivity contribution in [3.8, 4) is 11.5 Å². The molecule has 0 bridgehead atoms. The number of hydrogen-bond acceptors (Lipinski definition) is 5. The Labute approximate surface area is 115 Å². The molecule has 19 heavy (non-hydrogen) atoms. The van der Waals surface area contributed by atoms with Crippen molar-refractivity contribution in [1.82, 2.24) is 10.1 Å². The lowest BCUT2D eigenvalue weighted by Crippen LogP contribution is -2.04. The molecule has 1 aromatic heterocycles. The number of benzene rings is 1. The summed E-state index contributed by atoms with van der Waals surface area (Å²) in [6.45, 7) is 1.58. The number of hydrogen-bond donors (Lipinski definition) is 1. The Balaban J connectivity index is 1.82. The van der Waals surface area contributed by atoms with Crippen LogP contribution in [0.25, 0.3) is 11.5 Å². The summed E-state index contributed by atoms with van der Waals surface area (Å²) >= 11 is 5.95. The van der Waals surface area contributed by atoms with E-state index in [4.69, 9.17) is 26.6 Å². The number of halogens is 1. The third-order valence-corrected chi connectivity index (χ3v) is 3.44. The van der Waals surface area contributed by atoms with Crippen molar-refractivity contribution in [1.29, 1.82) is 0 Å². The van der Waals surface area contributed by atoms with Crippen LogP contribution in [-0.2, 0) is 11.2 Å². The van der Waals surface area contributed by atoms with E-state index in [9.17, 15) is 0 Å². The van der Waals surface area contributed by atoms with Crippen LogP contribution in [0.3, 0.4) is 0 Å².